The van der Waals surface area contributed by atoms with Gasteiger partial charge in [0.15, 0.2) is 5.78 Å². The van der Waals surface area contributed by atoms with Crippen LogP contribution in [0.2, 0.25) is 0 Å². The van der Waals surface area contributed by atoms with Crippen LogP contribution in [-0.2, 0) is 52.2 Å². The molecule has 3 aromatic carbocycles. The number of nitrogens with zero attached hydrogens (tertiary/aromatic N) is 3. The fourth-order valence-corrected chi connectivity index (χ4v) is 9.77. The monoisotopic (exact) mass is 1070 g/mol. The molecule has 21 heteroatoms. The Hall–Kier alpha value is -6.07. The molecule has 6 atom stereocenters. The molecule has 0 aliphatic carbocycles. The molecular weight excluding hydrogens is 997 g/mol. The third kappa shape index (κ3) is 21.6. The maximum Gasteiger partial charge on any atom is 0.325 e. The summed E-state index contributed by atoms with van der Waals surface area (Å²) in [7, 11) is -6.62. The van der Waals surface area contributed by atoms with E-state index >= 15 is 0 Å². The van der Waals surface area contributed by atoms with Crippen molar-refractivity contribution in [2.45, 2.75) is 109 Å². The highest BCUT2D eigenvalue weighted by molar-refractivity contribution is 7.89. The predicted molar refractivity (Wildman–Crippen MR) is 293 cm³/mol. The number of Topliss-reactive ketones (excluding diaryl/α,β-unsaturated/α-hetero) is 1. The van der Waals surface area contributed by atoms with Crippen LogP contribution in [0.3, 0.4) is 0 Å². The third-order valence-electron chi connectivity index (χ3n) is 13.2. The van der Waals surface area contributed by atoms with Crippen molar-refractivity contribution in [3.63, 3.8) is 0 Å². The third-order valence-corrected chi connectivity index (χ3v) is 14.6. The number of likely N-dealkylation sites (tertiary alicyclic amines) is 2. The van der Waals surface area contributed by atoms with E-state index in [0.717, 1.165) is 47.6 Å². The van der Waals surface area contributed by atoms with E-state index in [1.54, 1.807) is 27.0 Å². The number of carbonyl (C=O) groups is 4. The standard InChI is InChI=1S/C28H38N4O4S.C18H27N3O5S.C8H11N3/c1-20(29)23-12-9-22(10-13-23)11-14-27(33)21(2)31-28(34)26-19-25(24-7-5-4-6-8-24)15-17-32(26)18-16-30-37(3,35)36;1-13(18(23)24)20-17(22)16-12-15(14-6-4-3-5-7-14)8-10-21(16)11-9-19-27(2,25)26;1-6(10)8-3-2-7(4-9)5-11-8/h4-10,12-13,21,25-26,29-30H,11,14-19H2,1-3H3,(H,31,34);3-7,13,15-16,19H,8-12H2,1-2H3,(H,20,22)(H,23,24);2-3,5,10H,4,9H2,1H3/t21-,25-,26+;13-,15-,16+;/m00./s1. The number of amides is 2. The number of aromatic nitrogens is 1. The van der Waals surface area contributed by atoms with Gasteiger partial charge in [0.1, 0.15) is 6.04 Å². The van der Waals surface area contributed by atoms with Crippen LogP contribution in [0.5, 0.6) is 0 Å². The number of ketones is 1. The van der Waals surface area contributed by atoms with E-state index in [1.807, 2.05) is 94.7 Å². The van der Waals surface area contributed by atoms with Gasteiger partial charge in [-0.2, -0.15) is 0 Å². The number of pyridine rings is 1. The Labute approximate surface area is 443 Å². The topological polar surface area (TPSA) is 298 Å². The number of sulfonamides is 2. The number of carboxylic acid groups (broad SMARTS) is 1. The fourth-order valence-electron chi connectivity index (χ4n) is 8.85. The Morgan fingerprint density at radius 1 is 0.680 bits per heavy atom. The summed E-state index contributed by atoms with van der Waals surface area (Å²) < 4.78 is 50.5. The molecule has 0 spiro atoms. The summed E-state index contributed by atoms with van der Waals surface area (Å²) in [5.41, 5.74) is 12.3. The van der Waals surface area contributed by atoms with E-state index in [-0.39, 0.29) is 42.5 Å². The van der Waals surface area contributed by atoms with Crippen LogP contribution in [-0.4, -0.2) is 148 Å². The maximum absolute atomic E-state index is 13.4. The Balaban J connectivity index is 0.000000278. The van der Waals surface area contributed by atoms with E-state index in [0.29, 0.717) is 75.5 Å². The van der Waals surface area contributed by atoms with Crippen molar-refractivity contribution in [1.82, 2.24) is 34.9 Å². The van der Waals surface area contributed by atoms with Gasteiger partial charge in [-0.15, -0.1) is 0 Å². The first kappa shape index (κ1) is 61.5. The van der Waals surface area contributed by atoms with Crippen LogP contribution < -0.4 is 25.8 Å². The second kappa shape index (κ2) is 29.9. The van der Waals surface area contributed by atoms with E-state index in [9.17, 15) is 36.0 Å². The van der Waals surface area contributed by atoms with E-state index in [2.05, 4.69) is 37.2 Å². The molecule has 19 nitrogen and oxygen atoms in total. The number of rotatable bonds is 22. The lowest BCUT2D eigenvalue weighted by molar-refractivity contribution is -0.142. The first-order valence-electron chi connectivity index (χ1n) is 25.1. The van der Waals surface area contributed by atoms with Gasteiger partial charge < -0.3 is 32.3 Å². The zero-order valence-corrected chi connectivity index (χ0v) is 45.6. The SMILES string of the molecule is CC(=N)c1ccc(CCC(=O)[C@H](C)NC(=O)[C@H]2C[C@@H](c3ccccc3)CCN2CCNS(C)(=O)=O)cc1.CC(=N)c1ccc(CN)cn1.C[C@H](NC(=O)[C@H]1C[C@@H](c2ccccc2)CCN1CCNS(C)(=O)=O)C(=O)O. The van der Waals surface area contributed by atoms with Gasteiger partial charge in [-0.3, -0.25) is 34.0 Å². The second-order valence-corrected chi connectivity index (χ2v) is 22.8. The zero-order valence-electron chi connectivity index (χ0n) is 43.9. The maximum atomic E-state index is 13.4. The van der Waals surface area contributed by atoms with E-state index < -0.39 is 50.2 Å². The molecule has 408 valence electrons. The Morgan fingerprint density at radius 2 is 1.13 bits per heavy atom. The highest BCUT2D eigenvalue weighted by atomic mass is 32.2. The van der Waals surface area contributed by atoms with Gasteiger partial charge in [0.25, 0.3) is 0 Å². The number of aliphatic carboxylic acids is 1. The molecule has 0 radical (unpaired) electrons. The molecule has 2 amide bonds. The second-order valence-electron chi connectivity index (χ2n) is 19.2. The van der Waals surface area contributed by atoms with Gasteiger partial charge >= 0.3 is 5.97 Å². The largest absolute Gasteiger partial charge is 0.480 e. The Kier molecular flexibility index (Phi) is 24.5. The van der Waals surface area contributed by atoms with E-state index in [4.69, 9.17) is 21.7 Å². The van der Waals surface area contributed by atoms with Gasteiger partial charge in [-0.25, -0.2) is 26.3 Å². The smallest absolute Gasteiger partial charge is 0.325 e. The molecule has 2 aliphatic heterocycles. The minimum Gasteiger partial charge on any atom is -0.480 e. The lowest BCUT2D eigenvalue weighted by atomic mass is 9.85. The van der Waals surface area contributed by atoms with Gasteiger partial charge in [0.05, 0.1) is 42.0 Å². The summed E-state index contributed by atoms with van der Waals surface area (Å²) in [5, 5.41) is 29.5. The number of carboxylic acids is 1. The molecule has 75 heavy (non-hydrogen) atoms. The molecule has 1 aromatic heterocycles. The average molecular weight is 1070 g/mol. The van der Waals surface area contributed by atoms with Crippen molar-refractivity contribution < 1.29 is 41.1 Å². The van der Waals surface area contributed by atoms with Crippen LogP contribution in [0, 0.1) is 10.8 Å². The van der Waals surface area contributed by atoms with Crippen LogP contribution in [0.15, 0.2) is 103 Å². The molecular formula is C54H76N10O9S2. The van der Waals surface area contributed by atoms with Gasteiger partial charge in [-0.05, 0) is 119 Å². The van der Waals surface area contributed by atoms with Crippen molar-refractivity contribution in [3.05, 3.63) is 137 Å². The van der Waals surface area contributed by atoms with Crippen molar-refractivity contribution in [2.75, 3.05) is 51.8 Å². The molecule has 2 saturated heterocycles. The minimum absolute atomic E-state index is 0.0404. The molecule has 2 aliphatic rings. The summed E-state index contributed by atoms with van der Waals surface area (Å²) in [6.45, 7) is 9.61. The fraction of sp³-hybridized carbons (Fsp3) is 0.463. The number of aryl methyl sites for hydroxylation is 1. The molecule has 2 fully saturated rings. The first-order valence-corrected chi connectivity index (χ1v) is 28.9. The van der Waals surface area contributed by atoms with Crippen LogP contribution in [0.1, 0.15) is 105 Å². The van der Waals surface area contributed by atoms with Gasteiger partial charge in [0.2, 0.25) is 31.9 Å². The quantitative estimate of drug-likeness (QED) is 0.0514. The molecule has 9 N–H and O–H groups in total. The minimum atomic E-state index is -3.32. The Bertz CT molecular complexity index is 2730. The lowest BCUT2D eigenvalue weighted by Crippen LogP contribution is -2.55. The molecule has 0 bridgehead atoms. The lowest BCUT2D eigenvalue weighted by Gasteiger charge is -2.39. The van der Waals surface area contributed by atoms with Crippen molar-refractivity contribution in [3.8, 4) is 0 Å². The number of nitrogens with two attached hydrogens (primary N) is 1. The first-order chi connectivity index (χ1) is 35.4. The van der Waals surface area contributed by atoms with Gasteiger partial charge in [-0.1, -0.05) is 91.0 Å². The normalized spacial score (nSPS) is 18.9. The van der Waals surface area contributed by atoms with Crippen molar-refractivity contribution in [2.24, 2.45) is 5.73 Å². The van der Waals surface area contributed by atoms with Crippen LogP contribution >= 0.6 is 0 Å². The van der Waals surface area contributed by atoms with Crippen molar-refractivity contribution >= 4 is 55.0 Å². The van der Waals surface area contributed by atoms with Gasteiger partial charge in [0, 0.05) is 51.1 Å². The number of piperidine rings is 2. The number of benzene rings is 3. The molecule has 4 aromatic rings. The molecule has 0 saturated carbocycles. The van der Waals surface area contributed by atoms with E-state index in [1.165, 1.54) is 12.5 Å². The predicted octanol–water partition coefficient (Wildman–Crippen LogP) is 4.18. The summed E-state index contributed by atoms with van der Waals surface area (Å²) in [4.78, 5) is 57.9. The summed E-state index contributed by atoms with van der Waals surface area (Å²) in [6.07, 6.45) is 7.67. The molecule has 0 unspecified atom stereocenters. The van der Waals surface area contributed by atoms with Crippen LogP contribution in [0.25, 0.3) is 0 Å². The number of nitrogens with one attached hydrogen (secondary N) is 6. The summed E-state index contributed by atoms with van der Waals surface area (Å²) >= 11 is 0. The molecule has 3 heterocycles. The average Bonchev–Trinajstić information content (AvgIpc) is 3.38. The van der Waals surface area contributed by atoms with Crippen LogP contribution in [0.4, 0.5) is 0 Å². The Morgan fingerprint density at radius 3 is 1.52 bits per heavy atom. The highest BCUT2D eigenvalue weighted by Crippen LogP contribution is 2.33. The summed E-state index contributed by atoms with van der Waals surface area (Å²) in [5.74, 6) is -1.27. The number of hydrogen-bond donors (Lipinski definition) is 8. The zero-order chi connectivity index (χ0) is 55.3. The van der Waals surface area contributed by atoms with Crippen molar-refractivity contribution in [1.29, 1.82) is 10.8 Å². The molecule has 6 rings (SSSR count). The number of carbonyl (C=O) groups excluding carboxylic acids is 3. The number of hydrogen-bond acceptors (Lipinski definition) is 14. The highest BCUT2D eigenvalue weighted by Gasteiger charge is 2.36. The summed E-state index contributed by atoms with van der Waals surface area (Å²) in [6, 6.07) is 28.8.